The summed E-state index contributed by atoms with van der Waals surface area (Å²) >= 11 is 0. The second kappa shape index (κ2) is 5.21. The van der Waals surface area contributed by atoms with E-state index >= 15 is 0 Å². The van der Waals surface area contributed by atoms with Gasteiger partial charge in [-0.2, -0.15) is 0 Å². The molecule has 0 saturated heterocycles. The molecule has 2 heterocycles. The van der Waals surface area contributed by atoms with Crippen molar-refractivity contribution in [3.63, 3.8) is 0 Å². The van der Waals surface area contributed by atoms with Crippen LogP contribution >= 0.6 is 0 Å². The molecule has 4 aromatic rings. The van der Waals surface area contributed by atoms with E-state index in [1.807, 2.05) is 36.4 Å². The van der Waals surface area contributed by atoms with E-state index in [1.165, 1.54) is 12.1 Å². The minimum absolute atomic E-state index is 0.308. The Hall–Kier alpha value is -3.21. The summed E-state index contributed by atoms with van der Waals surface area (Å²) in [4.78, 5) is 11.8. The lowest BCUT2D eigenvalue weighted by molar-refractivity contribution is 0.629. The van der Waals surface area contributed by atoms with Crippen LogP contribution in [0.25, 0.3) is 33.5 Å². The van der Waals surface area contributed by atoms with Crippen molar-refractivity contribution in [3.05, 3.63) is 66.6 Å². The Labute approximate surface area is 131 Å². The molecule has 0 unspecified atom stereocenters. The molecule has 0 bridgehead atoms. The zero-order valence-electron chi connectivity index (χ0n) is 12.1. The number of hydrogen-bond acceptors (Lipinski definition) is 3. The summed E-state index contributed by atoms with van der Waals surface area (Å²) < 4.78 is 13.3. The average molecular weight is 304 g/mol. The highest BCUT2D eigenvalue weighted by molar-refractivity contribution is 5.83. The van der Waals surface area contributed by atoms with Crippen molar-refractivity contribution in [2.45, 2.75) is 0 Å². The Morgan fingerprint density at radius 1 is 0.957 bits per heavy atom. The van der Waals surface area contributed by atoms with Gasteiger partial charge in [0, 0.05) is 11.8 Å². The number of pyridine rings is 1. The number of aromatic amines is 1. The van der Waals surface area contributed by atoms with E-state index in [0.29, 0.717) is 28.2 Å². The van der Waals surface area contributed by atoms with E-state index in [4.69, 9.17) is 5.73 Å². The first kappa shape index (κ1) is 13.5. The van der Waals surface area contributed by atoms with Crippen molar-refractivity contribution in [2.24, 2.45) is 0 Å². The van der Waals surface area contributed by atoms with Gasteiger partial charge in [-0.3, -0.25) is 0 Å². The van der Waals surface area contributed by atoms with Crippen molar-refractivity contribution >= 4 is 16.9 Å². The fourth-order valence-electron chi connectivity index (χ4n) is 2.56. The van der Waals surface area contributed by atoms with E-state index in [9.17, 15) is 4.39 Å². The van der Waals surface area contributed by atoms with Crippen molar-refractivity contribution in [3.8, 4) is 22.5 Å². The number of fused-ring (bicyclic) bond motifs is 1. The molecule has 0 spiro atoms. The molecule has 2 aromatic carbocycles. The smallest absolute Gasteiger partial charge is 0.142 e. The number of benzene rings is 2. The van der Waals surface area contributed by atoms with Crippen LogP contribution in [0.2, 0.25) is 0 Å². The quantitative estimate of drug-likeness (QED) is 0.588. The topological polar surface area (TPSA) is 67.6 Å². The van der Waals surface area contributed by atoms with Crippen LogP contribution in [0, 0.1) is 5.82 Å². The monoisotopic (exact) mass is 304 g/mol. The van der Waals surface area contributed by atoms with E-state index in [0.717, 1.165) is 11.1 Å². The number of nitrogens with zero attached hydrogens (tertiary/aromatic N) is 2. The lowest BCUT2D eigenvalue weighted by atomic mass is 10.1. The predicted octanol–water partition coefficient (Wildman–Crippen LogP) is 4.01. The third kappa shape index (κ3) is 2.42. The zero-order valence-corrected chi connectivity index (χ0v) is 12.1. The summed E-state index contributed by atoms with van der Waals surface area (Å²) in [5, 5.41) is 0. The Balaban J connectivity index is 1.86. The molecule has 0 aliphatic rings. The molecule has 0 atom stereocenters. The standard InChI is InChI=1S/C18H13FN4/c19-13-6-7-15-16(9-13)23-18(22-15)14-8-12(10-21-17(14)20)11-4-2-1-3-5-11/h1-10H,(H2,20,21)(H,22,23). The second-order valence-electron chi connectivity index (χ2n) is 5.27. The van der Waals surface area contributed by atoms with Gasteiger partial charge in [0.1, 0.15) is 17.5 Å². The number of nitrogen functional groups attached to an aromatic ring is 1. The van der Waals surface area contributed by atoms with Gasteiger partial charge in [0.05, 0.1) is 16.6 Å². The van der Waals surface area contributed by atoms with E-state index < -0.39 is 0 Å². The Kier molecular flexibility index (Phi) is 3.05. The first-order valence-electron chi connectivity index (χ1n) is 7.17. The van der Waals surface area contributed by atoms with Crippen LogP contribution in [-0.2, 0) is 0 Å². The molecule has 2 aromatic heterocycles. The minimum atomic E-state index is -0.308. The van der Waals surface area contributed by atoms with Gasteiger partial charge in [-0.15, -0.1) is 0 Å². The molecule has 23 heavy (non-hydrogen) atoms. The second-order valence-corrected chi connectivity index (χ2v) is 5.27. The van der Waals surface area contributed by atoms with Gasteiger partial charge < -0.3 is 10.7 Å². The number of H-pyrrole nitrogens is 1. The number of aromatic nitrogens is 3. The maximum Gasteiger partial charge on any atom is 0.142 e. The fourth-order valence-corrected chi connectivity index (χ4v) is 2.56. The highest BCUT2D eigenvalue weighted by Gasteiger charge is 2.11. The SMILES string of the molecule is Nc1ncc(-c2ccccc2)cc1-c1nc2ccc(F)cc2[nH]1. The van der Waals surface area contributed by atoms with Gasteiger partial charge in [-0.05, 0) is 29.8 Å². The first-order chi connectivity index (χ1) is 11.2. The lowest BCUT2D eigenvalue weighted by Crippen LogP contribution is -1.96. The predicted molar refractivity (Wildman–Crippen MR) is 89.1 cm³/mol. The summed E-state index contributed by atoms with van der Waals surface area (Å²) in [6.45, 7) is 0. The summed E-state index contributed by atoms with van der Waals surface area (Å²) in [7, 11) is 0. The van der Waals surface area contributed by atoms with Crippen molar-refractivity contribution < 1.29 is 4.39 Å². The van der Waals surface area contributed by atoms with E-state index in [1.54, 1.807) is 12.3 Å². The number of rotatable bonds is 2. The molecular formula is C18H13FN4. The molecule has 4 rings (SSSR count). The molecule has 0 saturated carbocycles. The third-order valence-electron chi connectivity index (χ3n) is 3.72. The summed E-state index contributed by atoms with van der Waals surface area (Å²) in [6.07, 6.45) is 1.73. The van der Waals surface area contributed by atoms with Crippen LogP contribution < -0.4 is 5.73 Å². The molecule has 0 fully saturated rings. The van der Waals surface area contributed by atoms with Crippen LogP contribution in [0.4, 0.5) is 10.2 Å². The zero-order chi connectivity index (χ0) is 15.8. The maximum absolute atomic E-state index is 13.3. The molecule has 5 heteroatoms. The number of nitrogens with two attached hydrogens (primary N) is 1. The molecule has 0 aliphatic carbocycles. The number of nitrogens with one attached hydrogen (secondary N) is 1. The maximum atomic E-state index is 13.3. The molecule has 4 nitrogen and oxygen atoms in total. The van der Waals surface area contributed by atoms with Crippen molar-refractivity contribution in [1.82, 2.24) is 15.0 Å². The fraction of sp³-hybridized carbons (Fsp3) is 0. The normalized spacial score (nSPS) is 11.0. The highest BCUT2D eigenvalue weighted by Crippen LogP contribution is 2.29. The van der Waals surface area contributed by atoms with Gasteiger partial charge in [0.2, 0.25) is 0 Å². The number of imidazole rings is 1. The van der Waals surface area contributed by atoms with Gasteiger partial charge in [0.25, 0.3) is 0 Å². The average Bonchev–Trinajstić information content (AvgIpc) is 2.99. The largest absolute Gasteiger partial charge is 0.383 e. The number of anilines is 1. The highest BCUT2D eigenvalue weighted by atomic mass is 19.1. The molecule has 3 N–H and O–H groups in total. The lowest BCUT2D eigenvalue weighted by Gasteiger charge is -2.06. The van der Waals surface area contributed by atoms with E-state index in [-0.39, 0.29) is 5.82 Å². The van der Waals surface area contributed by atoms with Crippen molar-refractivity contribution in [2.75, 3.05) is 5.73 Å². The molecule has 0 radical (unpaired) electrons. The van der Waals surface area contributed by atoms with Crippen LogP contribution in [-0.4, -0.2) is 15.0 Å². The molecular weight excluding hydrogens is 291 g/mol. The Morgan fingerprint density at radius 2 is 1.78 bits per heavy atom. The van der Waals surface area contributed by atoms with Crippen molar-refractivity contribution in [1.29, 1.82) is 0 Å². The van der Waals surface area contributed by atoms with Crippen LogP contribution in [0.3, 0.4) is 0 Å². The van der Waals surface area contributed by atoms with Gasteiger partial charge in [-0.25, -0.2) is 14.4 Å². The summed E-state index contributed by atoms with van der Waals surface area (Å²) in [5.74, 6) is 0.648. The number of hydrogen-bond donors (Lipinski definition) is 2. The van der Waals surface area contributed by atoms with Crippen LogP contribution in [0.5, 0.6) is 0 Å². The summed E-state index contributed by atoms with van der Waals surface area (Å²) in [5.41, 5.74) is 10.0. The Bertz CT molecular complexity index is 993. The molecule has 0 aliphatic heterocycles. The third-order valence-corrected chi connectivity index (χ3v) is 3.72. The van der Waals surface area contributed by atoms with Crippen LogP contribution in [0.15, 0.2) is 60.8 Å². The number of halogens is 1. The van der Waals surface area contributed by atoms with Gasteiger partial charge >= 0.3 is 0 Å². The van der Waals surface area contributed by atoms with Gasteiger partial charge in [0.15, 0.2) is 0 Å². The first-order valence-corrected chi connectivity index (χ1v) is 7.17. The Morgan fingerprint density at radius 3 is 2.61 bits per heavy atom. The van der Waals surface area contributed by atoms with E-state index in [2.05, 4.69) is 15.0 Å². The molecule has 0 amide bonds. The minimum Gasteiger partial charge on any atom is -0.383 e. The molecule has 112 valence electrons. The summed E-state index contributed by atoms with van der Waals surface area (Å²) in [6, 6.07) is 16.3. The van der Waals surface area contributed by atoms with Crippen LogP contribution in [0.1, 0.15) is 0 Å². The van der Waals surface area contributed by atoms with Gasteiger partial charge in [-0.1, -0.05) is 30.3 Å².